The van der Waals surface area contributed by atoms with Crippen LogP contribution in [-0.4, -0.2) is 18.1 Å². The van der Waals surface area contributed by atoms with Gasteiger partial charge >= 0.3 is 0 Å². The van der Waals surface area contributed by atoms with E-state index in [4.69, 9.17) is 0 Å². The summed E-state index contributed by atoms with van der Waals surface area (Å²) in [7, 11) is 0. The first-order chi connectivity index (χ1) is 6.27. The van der Waals surface area contributed by atoms with E-state index in [0.29, 0.717) is 5.92 Å². The molecular weight excluding hydrogens is 160 g/mol. The molecule has 2 rings (SSSR count). The first-order valence-electron chi connectivity index (χ1n) is 4.99. The van der Waals surface area contributed by atoms with Gasteiger partial charge in [-0.05, 0) is 24.5 Å². The van der Waals surface area contributed by atoms with Crippen LogP contribution in [0.3, 0.4) is 0 Å². The van der Waals surface area contributed by atoms with Gasteiger partial charge in [-0.2, -0.15) is 0 Å². The molecular formula is C11H16N2. The number of rotatable bonds is 2. The standard InChI is InChI=1S/C11H16N2/c1-9(2)10-5-3-6-11(12-10)13-7-4-8-13/h3,5-6,9H,4,7-8H2,1-2H3. The highest BCUT2D eigenvalue weighted by Gasteiger charge is 2.15. The lowest BCUT2D eigenvalue weighted by Crippen LogP contribution is -2.37. The van der Waals surface area contributed by atoms with Gasteiger partial charge < -0.3 is 4.90 Å². The Balaban J connectivity index is 2.21. The Morgan fingerprint density at radius 1 is 1.31 bits per heavy atom. The van der Waals surface area contributed by atoms with Crippen LogP contribution in [0, 0.1) is 0 Å². The van der Waals surface area contributed by atoms with Crippen molar-refractivity contribution >= 4 is 5.82 Å². The van der Waals surface area contributed by atoms with Gasteiger partial charge in [0.05, 0.1) is 0 Å². The molecule has 0 atom stereocenters. The SMILES string of the molecule is CC(C)c1cccc(N2CCC2)n1. The van der Waals surface area contributed by atoms with Crippen molar-refractivity contribution in [3.8, 4) is 0 Å². The number of pyridine rings is 1. The third kappa shape index (κ3) is 1.67. The Labute approximate surface area is 79.6 Å². The zero-order chi connectivity index (χ0) is 9.26. The van der Waals surface area contributed by atoms with Crippen molar-refractivity contribution in [3.63, 3.8) is 0 Å². The van der Waals surface area contributed by atoms with Crippen LogP contribution in [0.2, 0.25) is 0 Å². The molecule has 0 bridgehead atoms. The molecule has 0 unspecified atom stereocenters. The first-order valence-corrected chi connectivity index (χ1v) is 4.99. The molecule has 1 aromatic rings. The van der Waals surface area contributed by atoms with E-state index >= 15 is 0 Å². The van der Waals surface area contributed by atoms with E-state index in [1.807, 2.05) is 0 Å². The highest BCUT2D eigenvalue weighted by atomic mass is 15.2. The summed E-state index contributed by atoms with van der Waals surface area (Å²) in [6.45, 7) is 6.72. The number of hydrogen-bond donors (Lipinski definition) is 0. The van der Waals surface area contributed by atoms with E-state index in [2.05, 4.69) is 41.9 Å². The number of hydrogen-bond acceptors (Lipinski definition) is 2. The van der Waals surface area contributed by atoms with Crippen molar-refractivity contribution in [2.24, 2.45) is 0 Å². The van der Waals surface area contributed by atoms with Crippen molar-refractivity contribution in [2.45, 2.75) is 26.2 Å². The Morgan fingerprint density at radius 3 is 2.62 bits per heavy atom. The molecule has 1 aliphatic rings. The minimum absolute atomic E-state index is 0.529. The minimum atomic E-state index is 0.529. The summed E-state index contributed by atoms with van der Waals surface area (Å²) in [6, 6.07) is 6.31. The fraction of sp³-hybridized carbons (Fsp3) is 0.545. The van der Waals surface area contributed by atoms with Gasteiger partial charge in [-0.3, -0.25) is 0 Å². The summed E-state index contributed by atoms with van der Waals surface area (Å²) in [5.41, 5.74) is 1.20. The zero-order valence-electron chi connectivity index (χ0n) is 8.33. The molecule has 0 spiro atoms. The topological polar surface area (TPSA) is 16.1 Å². The van der Waals surface area contributed by atoms with Gasteiger partial charge in [-0.15, -0.1) is 0 Å². The summed E-state index contributed by atoms with van der Waals surface area (Å²) in [4.78, 5) is 6.95. The molecule has 1 saturated heterocycles. The van der Waals surface area contributed by atoms with Gasteiger partial charge in [-0.25, -0.2) is 4.98 Å². The largest absolute Gasteiger partial charge is 0.356 e. The molecule has 0 saturated carbocycles. The average Bonchev–Trinajstić information content (AvgIpc) is 2.01. The molecule has 1 aromatic heterocycles. The van der Waals surface area contributed by atoms with E-state index < -0.39 is 0 Å². The predicted molar refractivity (Wildman–Crippen MR) is 55.2 cm³/mol. The maximum Gasteiger partial charge on any atom is 0.128 e. The predicted octanol–water partition coefficient (Wildman–Crippen LogP) is 2.42. The van der Waals surface area contributed by atoms with Crippen LogP contribution < -0.4 is 4.90 Å². The van der Waals surface area contributed by atoms with Gasteiger partial charge in [0.15, 0.2) is 0 Å². The molecule has 1 aliphatic heterocycles. The Morgan fingerprint density at radius 2 is 2.08 bits per heavy atom. The third-order valence-electron chi connectivity index (χ3n) is 2.53. The van der Waals surface area contributed by atoms with E-state index in [1.54, 1.807) is 0 Å². The van der Waals surface area contributed by atoms with E-state index in [1.165, 1.54) is 25.2 Å². The lowest BCUT2D eigenvalue weighted by molar-refractivity contribution is 0.607. The average molecular weight is 176 g/mol. The van der Waals surface area contributed by atoms with Gasteiger partial charge in [0.25, 0.3) is 0 Å². The molecule has 0 radical (unpaired) electrons. The van der Waals surface area contributed by atoms with Crippen LogP contribution >= 0.6 is 0 Å². The van der Waals surface area contributed by atoms with Crippen LogP contribution in [0.25, 0.3) is 0 Å². The van der Waals surface area contributed by atoms with Crippen LogP contribution in [0.4, 0.5) is 5.82 Å². The molecule has 0 N–H and O–H groups in total. The fourth-order valence-electron chi connectivity index (χ4n) is 1.48. The van der Waals surface area contributed by atoms with E-state index in [0.717, 1.165) is 5.82 Å². The summed E-state index contributed by atoms with van der Waals surface area (Å²) in [5.74, 6) is 1.68. The normalized spacial score (nSPS) is 16.1. The Bertz CT molecular complexity index is 290. The molecule has 70 valence electrons. The van der Waals surface area contributed by atoms with Crippen molar-refractivity contribution in [3.05, 3.63) is 23.9 Å². The molecule has 0 aromatic carbocycles. The van der Waals surface area contributed by atoms with Gasteiger partial charge in [-0.1, -0.05) is 19.9 Å². The maximum atomic E-state index is 4.62. The lowest BCUT2D eigenvalue weighted by atomic mass is 10.1. The second-order valence-electron chi connectivity index (χ2n) is 3.92. The van der Waals surface area contributed by atoms with Crippen molar-refractivity contribution in [1.82, 2.24) is 4.98 Å². The summed E-state index contributed by atoms with van der Waals surface area (Å²) in [6.07, 6.45) is 1.31. The van der Waals surface area contributed by atoms with Crippen LogP contribution in [0.1, 0.15) is 31.9 Å². The van der Waals surface area contributed by atoms with Crippen LogP contribution in [-0.2, 0) is 0 Å². The molecule has 13 heavy (non-hydrogen) atoms. The third-order valence-corrected chi connectivity index (χ3v) is 2.53. The monoisotopic (exact) mass is 176 g/mol. The Hall–Kier alpha value is -1.05. The molecule has 2 heteroatoms. The summed E-state index contributed by atoms with van der Waals surface area (Å²) >= 11 is 0. The maximum absolute atomic E-state index is 4.62. The van der Waals surface area contributed by atoms with Crippen molar-refractivity contribution in [1.29, 1.82) is 0 Å². The second-order valence-corrected chi connectivity index (χ2v) is 3.92. The Kier molecular flexibility index (Phi) is 2.21. The van der Waals surface area contributed by atoms with Crippen LogP contribution in [0.15, 0.2) is 18.2 Å². The van der Waals surface area contributed by atoms with Gasteiger partial charge in [0.2, 0.25) is 0 Å². The zero-order valence-corrected chi connectivity index (χ0v) is 8.33. The summed E-state index contributed by atoms with van der Waals surface area (Å²) < 4.78 is 0. The highest BCUT2D eigenvalue weighted by Crippen LogP contribution is 2.20. The number of anilines is 1. The van der Waals surface area contributed by atoms with Crippen LogP contribution in [0.5, 0.6) is 0 Å². The highest BCUT2D eigenvalue weighted by molar-refractivity contribution is 5.41. The molecule has 2 heterocycles. The molecule has 2 nitrogen and oxygen atoms in total. The molecule has 0 amide bonds. The van der Waals surface area contributed by atoms with Crippen molar-refractivity contribution in [2.75, 3.05) is 18.0 Å². The van der Waals surface area contributed by atoms with Gasteiger partial charge in [0.1, 0.15) is 5.82 Å². The second kappa shape index (κ2) is 3.36. The quantitative estimate of drug-likeness (QED) is 0.688. The van der Waals surface area contributed by atoms with Crippen molar-refractivity contribution < 1.29 is 0 Å². The molecule has 0 aliphatic carbocycles. The molecule has 1 fully saturated rings. The van der Waals surface area contributed by atoms with E-state index in [9.17, 15) is 0 Å². The number of aromatic nitrogens is 1. The summed E-state index contributed by atoms with van der Waals surface area (Å²) in [5, 5.41) is 0. The fourth-order valence-corrected chi connectivity index (χ4v) is 1.48. The minimum Gasteiger partial charge on any atom is -0.356 e. The smallest absolute Gasteiger partial charge is 0.128 e. The van der Waals surface area contributed by atoms with E-state index in [-0.39, 0.29) is 0 Å². The first kappa shape index (κ1) is 8.54. The number of nitrogens with zero attached hydrogens (tertiary/aromatic N) is 2. The van der Waals surface area contributed by atoms with Gasteiger partial charge in [0, 0.05) is 18.8 Å². The lowest BCUT2D eigenvalue weighted by Gasteiger charge is -2.32.